The third-order valence-corrected chi connectivity index (χ3v) is 8.48. The SMILES string of the molecule is CCOc1ccccc1N(CCCC(=O)N(Cc1ccc(Cl)cc1Cl)[C@H](Cc1ccccc1)C(=O)NC(C)(C)C)S(C)(=O)=O. The van der Waals surface area contributed by atoms with E-state index in [4.69, 9.17) is 27.9 Å². The normalized spacial score (nSPS) is 12.3. The maximum atomic E-state index is 14.0. The lowest BCUT2D eigenvalue weighted by Gasteiger charge is -2.34. The van der Waals surface area contributed by atoms with E-state index in [0.29, 0.717) is 33.7 Å². The average molecular weight is 663 g/mol. The number of nitrogens with zero attached hydrogens (tertiary/aromatic N) is 2. The van der Waals surface area contributed by atoms with Crippen molar-refractivity contribution in [2.45, 2.75) is 65.1 Å². The van der Waals surface area contributed by atoms with E-state index in [1.807, 2.05) is 58.0 Å². The first-order valence-electron chi connectivity index (χ1n) is 14.5. The summed E-state index contributed by atoms with van der Waals surface area (Å²) in [6.45, 7) is 7.94. The van der Waals surface area contributed by atoms with Crippen LogP contribution in [0.3, 0.4) is 0 Å². The summed E-state index contributed by atoms with van der Waals surface area (Å²) in [5.41, 5.74) is 1.38. The second-order valence-electron chi connectivity index (χ2n) is 11.5. The fourth-order valence-electron chi connectivity index (χ4n) is 4.76. The highest BCUT2D eigenvalue weighted by Crippen LogP contribution is 2.30. The Morgan fingerprint density at radius 3 is 2.25 bits per heavy atom. The van der Waals surface area contributed by atoms with Crippen LogP contribution in [0.4, 0.5) is 5.69 Å². The fraction of sp³-hybridized carbons (Fsp3) is 0.394. The van der Waals surface area contributed by atoms with E-state index in [9.17, 15) is 18.0 Å². The number of amides is 2. The highest BCUT2D eigenvalue weighted by atomic mass is 35.5. The summed E-state index contributed by atoms with van der Waals surface area (Å²) in [7, 11) is -3.69. The Hall–Kier alpha value is -3.27. The number of anilines is 1. The van der Waals surface area contributed by atoms with Crippen LogP contribution in [0.25, 0.3) is 0 Å². The van der Waals surface area contributed by atoms with Gasteiger partial charge in [0.05, 0.1) is 18.6 Å². The summed E-state index contributed by atoms with van der Waals surface area (Å²) in [6, 6.07) is 20.5. The zero-order chi connectivity index (χ0) is 32.5. The number of carbonyl (C=O) groups is 2. The van der Waals surface area contributed by atoms with Gasteiger partial charge in [0, 0.05) is 41.5 Å². The minimum Gasteiger partial charge on any atom is -0.492 e. The molecule has 0 unspecified atom stereocenters. The Bertz CT molecular complexity index is 1530. The Kier molecular flexibility index (Phi) is 12.5. The molecule has 0 radical (unpaired) electrons. The van der Waals surface area contributed by atoms with Crippen LogP contribution in [-0.2, 0) is 32.6 Å². The molecule has 3 rings (SSSR count). The minimum absolute atomic E-state index is 0.0118. The van der Waals surface area contributed by atoms with Gasteiger partial charge in [-0.15, -0.1) is 0 Å². The van der Waals surface area contributed by atoms with Crippen molar-refractivity contribution in [1.82, 2.24) is 10.2 Å². The zero-order valence-electron chi connectivity index (χ0n) is 25.8. The van der Waals surface area contributed by atoms with Crippen LogP contribution in [0.2, 0.25) is 10.0 Å². The molecule has 0 bridgehead atoms. The molecule has 0 spiro atoms. The minimum atomic E-state index is -3.69. The molecule has 0 heterocycles. The van der Waals surface area contributed by atoms with Crippen LogP contribution in [0, 0.1) is 0 Å². The van der Waals surface area contributed by atoms with Gasteiger partial charge < -0.3 is 15.0 Å². The third kappa shape index (κ3) is 10.4. The number of hydrogen-bond donors (Lipinski definition) is 1. The molecule has 44 heavy (non-hydrogen) atoms. The van der Waals surface area contributed by atoms with Crippen molar-refractivity contribution in [3.05, 3.63) is 94.0 Å². The Morgan fingerprint density at radius 1 is 0.977 bits per heavy atom. The monoisotopic (exact) mass is 661 g/mol. The lowest BCUT2D eigenvalue weighted by atomic mass is 10.00. The maximum Gasteiger partial charge on any atom is 0.243 e. The summed E-state index contributed by atoms with van der Waals surface area (Å²) in [4.78, 5) is 29.4. The van der Waals surface area contributed by atoms with E-state index in [1.165, 1.54) is 9.21 Å². The van der Waals surface area contributed by atoms with Crippen LogP contribution >= 0.6 is 23.2 Å². The second kappa shape index (κ2) is 15.6. The van der Waals surface area contributed by atoms with Gasteiger partial charge in [-0.3, -0.25) is 13.9 Å². The largest absolute Gasteiger partial charge is 0.492 e. The average Bonchev–Trinajstić information content (AvgIpc) is 2.93. The molecule has 3 aromatic carbocycles. The third-order valence-electron chi connectivity index (χ3n) is 6.71. The van der Waals surface area contributed by atoms with Gasteiger partial charge in [0.2, 0.25) is 21.8 Å². The molecule has 2 amide bonds. The van der Waals surface area contributed by atoms with Crippen LogP contribution in [-0.4, -0.2) is 56.1 Å². The maximum absolute atomic E-state index is 14.0. The molecular weight excluding hydrogens is 621 g/mol. The molecule has 0 aliphatic rings. The number of halogens is 2. The summed E-state index contributed by atoms with van der Waals surface area (Å²) in [6.07, 6.45) is 1.59. The lowest BCUT2D eigenvalue weighted by molar-refractivity contribution is -0.142. The summed E-state index contributed by atoms with van der Waals surface area (Å²) in [5, 5.41) is 3.86. The molecule has 238 valence electrons. The van der Waals surface area contributed by atoms with Crippen molar-refractivity contribution >= 4 is 50.7 Å². The molecule has 11 heteroatoms. The predicted octanol–water partition coefficient (Wildman–Crippen LogP) is 6.49. The van der Waals surface area contributed by atoms with Crippen molar-refractivity contribution in [2.75, 3.05) is 23.7 Å². The molecule has 0 fully saturated rings. The first-order valence-corrected chi connectivity index (χ1v) is 17.1. The topological polar surface area (TPSA) is 96.0 Å². The van der Waals surface area contributed by atoms with Crippen molar-refractivity contribution in [2.24, 2.45) is 0 Å². The van der Waals surface area contributed by atoms with E-state index < -0.39 is 21.6 Å². The van der Waals surface area contributed by atoms with Gasteiger partial charge in [0.25, 0.3) is 0 Å². The van der Waals surface area contributed by atoms with Crippen molar-refractivity contribution in [3.63, 3.8) is 0 Å². The highest BCUT2D eigenvalue weighted by Gasteiger charge is 2.33. The van der Waals surface area contributed by atoms with Gasteiger partial charge in [-0.2, -0.15) is 0 Å². The lowest BCUT2D eigenvalue weighted by Crippen LogP contribution is -2.54. The van der Waals surface area contributed by atoms with Gasteiger partial charge in [0.15, 0.2) is 0 Å². The molecule has 1 N–H and O–H groups in total. The fourth-order valence-corrected chi connectivity index (χ4v) is 6.20. The van der Waals surface area contributed by atoms with E-state index in [-0.39, 0.29) is 44.2 Å². The Labute approximate surface area is 271 Å². The van der Waals surface area contributed by atoms with Gasteiger partial charge in [-0.05, 0) is 69.5 Å². The van der Waals surface area contributed by atoms with Gasteiger partial charge in [0.1, 0.15) is 11.8 Å². The molecule has 0 saturated carbocycles. The van der Waals surface area contributed by atoms with Gasteiger partial charge in [-0.25, -0.2) is 8.42 Å². The molecule has 0 aromatic heterocycles. The Morgan fingerprint density at radius 2 is 1.64 bits per heavy atom. The number of ether oxygens (including phenoxy) is 1. The van der Waals surface area contributed by atoms with Crippen molar-refractivity contribution < 1.29 is 22.7 Å². The number of para-hydroxylation sites is 2. The van der Waals surface area contributed by atoms with E-state index in [0.717, 1.165) is 11.8 Å². The zero-order valence-corrected chi connectivity index (χ0v) is 28.2. The van der Waals surface area contributed by atoms with Crippen molar-refractivity contribution in [1.29, 1.82) is 0 Å². The number of hydrogen-bond acceptors (Lipinski definition) is 5. The van der Waals surface area contributed by atoms with Gasteiger partial charge in [-0.1, -0.05) is 71.7 Å². The van der Waals surface area contributed by atoms with E-state index in [2.05, 4.69) is 5.32 Å². The predicted molar refractivity (Wildman–Crippen MR) is 178 cm³/mol. The molecule has 0 aliphatic heterocycles. The molecule has 8 nitrogen and oxygen atoms in total. The van der Waals surface area contributed by atoms with Crippen LogP contribution in [0.1, 0.15) is 51.7 Å². The molecular formula is C33H41Cl2N3O5S. The van der Waals surface area contributed by atoms with E-state index in [1.54, 1.807) is 42.5 Å². The summed E-state index contributed by atoms with van der Waals surface area (Å²) >= 11 is 12.7. The van der Waals surface area contributed by atoms with Crippen LogP contribution in [0.5, 0.6) is 5.75 Å². The standard InChI is InChI=1S/C33H41Cl2N3O5S/c1-6-43-30-16-11-10-15-28(30)38(44(5,41)42)20-12-17-31(39)37(23-25-18-19-26(34)22-27(25)35)29(32(40)36-33(2,3)4)21-24-13-8-7-9-14-24/h7-11,13-16,18-19,22,29H,6,12,17,20-21,23H2,1-5H3,(H,36,40)/t29-/m1/s1. The highest BCUT2D eigenvalue weighted by molar-refractivity contribution is 7.92. The van der Waals surface area contributed by atoms with Crippen LogP contribution < -0.4 is 14.4 Å². The molecule has 3 aromatic rings. The number of sulfonamides is 1. The number of benzene rings is 3. The van der Waals surface area contributed by atoms with E-state index >= 15 is 0 Å². The first-order chi connectivity index (χ1) is 20.7. The molecule has 0 aliphatic carbocycles. The number of carbonyl (C=O) groups excluding carboxylic acids is 2. The number of nitrogens with one attached hydrogen (secondary N) is 1. The Balaban J connectivity index is 1.95. The van der Waals surface area contributed by atoms with Gasteiger partial charge >= 0.3 is 0 Å². The number of rotatable bonds is 14. The summed E-state index contributed by atoms with van der Waals surface area (Å²) in [5.74, 6) is -0.178. The summed E-state index contributed by atoms with van der Waals surface area (Å²) < 4.78 is 32.6. The molecule has 1 atom stereocenters. The second-order valence-corrected chi connectivity index (χ2v) is 14.3. The van der Waals surface area contributed by atoms with Crippen molar-refractivity contribution in [3.8, 4) is 5.75 Å². The quantitative estimate of drug-likeness (QED) is 0.213. The van der Waals surface area contributed by atoms with Crippen LogP contribution in [0.15, 0.2) is 72.8 Å². The smallest absolute Gasteiger partial charge is 0.243 e. The molecule has 0 saturated heterocycles. The first kappa shape index (κ1) is 35.2.